The van der Waals surface area contributed by atoms with E-state index in [4.69, 9.17) is 0 Å². The lowest BCUT2D eigenvalue weighted by Gasteiger charge is -2.22. The molecule has 0 spiro atoms. The molecule has 3 aromatic carbocycles. The van der Waals surface area contributed by atoms with Crippen molar-refractivity contribution in [2.24, 2.45) is 5.92 Å². The Hall–Kier alpha value is -3.72. The molecule has 0 radical (unpaired) electrons. The van der Waals surface area contributed by atoms with Crippen molar-refractivity contribution >= 4 is 33.2 Å². The van der Waals surface area contributed by atoms with E-state index >= 15 is 0 Å². The molecule has 0 unspecified atom stereocenters. The number of rotatable bonds is 8. The van der Waals surface area contributed by atoms with E-state index in [2.05, 4.69) is 10.6 Å². The third kappa shape index (κ3) is 5.79. The molecule has 0 saturated heterocycles. The molecule has 9 heteroatoms. The molecular weight excluding hydrogens is 457 g/mol. The lowest BCUT2D eigenvalue weighted by molar-refractivity contribution is -0.118. The topological polar surface area (TPSA) is 95.6 Å². The van der Waals surface area contributed by atoms with Crippen LogP contribution < -0.4 is 14.9 Å². The van der Waals surface area contributed by atoms with Crippen LogP contribution in [0.25, 0.3) is 0 Å². The van der Waals surface area contributed by atoms with Crippen LogP contribution in [0.1, 0.15) is 24.2 Å². The molecule has 3 aromatic rings. The summed E-state index contributed by atoms with van der Waals surface area (Å²) in [6, 6.07) is 18.6. The van der Waals surface area contributed by atoms with Gasteiger partial charge in [0.05, 0.1) is 10.6 Å². The first kappa shape index (κ1) is 24.9. The van der Waals surface area contributed by atoms with Gasteiger partial charge in [-0.25, -0.2) is 12.8 Å². The first-order valence-corrected chi connectivity index (χ1v) is 12.0. The Kier molecular flexibility index (Phi) is 7.68. The highest BCUT2D eigenvalue weighted by Crippen LogP contribution is 2.24. The standard InChI is InChI=1S/C25H26FN3O4S/c1-17(2)23(28-24(30)18-12-14-19(26)15-13-18)25(31)27-20-8-7-11-22(16-20)34(32,33)29(3)21-9-5-4-6-10-21/h4-17,23H,1-3H3,(H,27,31)(H,28,30)/t23-/m0/s1. The van der Waals surface area contributed by atoms with Gasteiger partial charge in [-0.05, 0) is 60.5 Å². The molecule has 0 heterocycles. The molecule has 0 bridgehead atoms. The Morgan fingerprint density at radius 3 is 2.18 bits per heavy atom. The second kappa shape index (κ2) is 10.5. The van der Waals surface area contributed by atoms with Crippen molar-refractivity contribution in [2.45, 2.75) is 24.8 Å². The highest BCUT2D eigenvalue weighted by molar-refractivity contribution is 7.92. The van der Waals surface area contributed by atoms with Crippen LogP contribution >= 0.6 is 0 Å². The third-order valence-electron chi connectivity index (χ3n) is 5.22. The number of amides is 2. The number of benzene rings is 3. The van der Waals surface area contributed by atoms with Crippen molar-refractivity contribution in [3.8, 4) is 0 Å². The number of hydrogen-bond donors (Lipinski definition) is 2. The van der Waals surface area contributed by atoms with Crippen molar-refractivity contribution in [1.82, 2.24) is 5.32 Å². The van der Waals surface area contributed by atoms with E-state index in [1.165, 1.54) is 37.4 Å². The molecule has 178 valence electrons. The first-order valence-electron chi connectivity index (χ1n) is 10.6. The Bertz CT molecular complexity index is 1260. The number of carbonyl (C=O) groups excluding carboxylic acids is 2. The zero-order valence-corrected chi connectivity index (χ0v) is 19.8. The number of hydrogen-bond acceptors (Lipinski definition) is 4. The number of anilines is 2. The number of carbonyl (C=O) groups is 2. The molecule has 0 aromatic heterocycles. The van der Waals surface area contributed by atoms with E-state index in [-0.39, 0.29) is 22.1 Å². The molecule has 0 fully saturated rings. The van der Waals surface area contributed by atoms with E-state index in [1.807, 2.05) is 0 Å². The average molecular weight is 484 g/mol. The normalized spacial score (nSPS) is 12.1. The Morgan fingerprint density at radius 2 is 1.56 bits per heavy atom. The fraction of sp³-hybridized carbons (Fsp3) is 0.200. The molecule has 0 aliphatic carbocycles. The highest BCUT2D eigenvalue weighted by atomic mass is 32.2. The van der Waals surface area contributed by atoms with Crippen LogP contribution in [0.4, 0.5) is 15.8 Å². The lowest BCUT2D eigenvalue weighted by Crippen LogP contribution is -2.47. The van der Waals surface area contributed by atoms with E-state index in [0.717, 1.165) is 16.4 Å². The average Bonchev–Trinajstić information content (AvgIpc) is 2.82. The van der Waals surface area contributed by atoms with Crippen molar-refractivity contribution in [2.75, 3.05) is 16.7 Å². The number of nitrogens with one attached hydrogen (secondary N) is 2. The van der Waals surface area contributed by atoms with Crippen LogP contribution in [0.2, 0.25) is 0 Å². The second-order valence-corrected chi connectivity index (χ2v) is 10.00. The number of sulfonamides is 1. The lowest BCUT2D eigenvalue weighted by atomic mass is 10.0. The summed E-state index contributed by atoms with van der Waals surface area (Å²) in [5, 5.41) is 5.34. The van der Waals surface area contributed by atoms with Gasteiger partial charge in [-0.15, -0.1) is 0 Å². The fourth-order valence-electron chi connectivity index (χ4n) is 3.25. The molecule has 34 heavy (non-hydrogen) atoms. The van der Waals surface area contributed by atoms with E-state index in [0.29, 0.717) is 5.69 Å². The van der Waals surface area contributed by atoms with Crippen LogP contribution in [-0.2, 0) is 14.8 Å². The predicted molar refractivity (Wildman–Crippen MR) is 130 cm³/mol. The van der Waals surface area contributed by atoms with Crippen LogP contribution in [-0.4, -0.2) is 33.3 Å². The maximum atomic E-state index is 13.1. The van der Waals surface area contributed by atoms with Crippen LogP contribution in [0.15, 0.2) is 83.8 Å². The Balaban J connectivity index is 1.77. The Labute approximate surface area is 198 Å². The maximum Gasteiger partial charge on any atom is 0.264 e. The second-order valence-electron chi connectivity index (χ2n) is 8.03. The molecule has 0 aliphatic heterocycles. The first-order chi connectivity index (χ1) is 16.1. The summed E-state index contributed by atoms with van der Waals surface area (Å²) in [5.41, 5.74) is 0.992. The van der Waals surface area contributed by atoms with Crippen molar-refractivity contribution in [3.63, 3.8) is 0 Å². The van der Waals surface area contributed by atoms with E-state index < -0.39 is 33.7 Å². The van der Waals surface area contributed by atoms with Gasteiger partial charge in [0.2, 0.25) is 5.91 Å². The number of para-hydroxylation sites is 1. The van der Waals surface area contributed by atoms with Gasteiger partial charge in [0.15, 0.2) is 0 Å². The van der Waals surface area contributed by atoms with Crippen molar-refractivity contribution in [1.29, 1.82) is 0 Å². The van der Waals surface area contributed by atoms with Gasteiger partial charge in [-0.3, -0.25) is 13.9 Å². The maximum absolute atomic E-state index is 13.1. The largest absolute Gasteiger partial charge is 0.340 e. The third-order valence-corrected chi connectivity index (χ3v) is 7.00. The molecule has 3 rings (SSSR count). The Morgan fingerprint density at radius 1 is 0.912 bits per heavy atom. The van der Waals surface area contributed by atoms with Crippen LogP contribution in [0, 0.1) is 11.7 Å². The van der Waals surface area contributed by atoms with Gasteiger partial charge in [0, 0.05) is 18.3 Å². The van der Waals surface area contributed by atoms with E-state index in [1.54, 1.807) is 50.2 Å². The summed E-state index contributed by atoms with van der Waals surface area (Å²) in [7, 11) is -2.41. The number of halogens is 1. The van der Waals surface area contributed by atoms with Crippen molar-refractivity contribution < 1.29 is 22.4 Å². The number of nitrogens with zero attached hydrogens (tertiary/aromatic N) is 1. The minimum atomic E-state index is -3.86. The van der Waals surface area contributed by atoms with Gasteiger partial charge in [-0.2, -0.15) is 0 Å². The predicted octanol–water partition coefficient (Wildman–Crippen LogP) is 4.04. The molecule has 7 nitrogen and oxygen atoms in total. The SMILES string of the molecule is CC(C)[C@H](NC(=O)c1ccc(F)cc1)C(=O)Nc1cccc(S(=O)(=O)N(C)c2ccccc2)c1. The summed E-state index contributed by atoms with van der Waals surface area (Å²) in [6.07, 6.45) is 0. The van der Waals surface area contributed by atoms with E-state index in [9.17, 15) is 22.4 Å². The summed E-state index contributed by atoms with van der Waals surface area (Å²) in [4.78, 5) is 25.5. The highest BCUT2D eigenvalue weighted by Gasteiger charge is 2.26. The monoisotopic (exact) mass is 483 g/mol. The minimum Gasteiger partial charge on any atom is -0.340 e. The van der Waals surface area contributed by atoms with Gasteiger partial charge in [0.1, 0.15) is 11.9 Å². The smallest absolute Gasteiger partial charge is 0.264 e. The summed E-state index contributed by atoms with van der Waals surface area (Å²) >= 11 is 0. The van der Waals surface area contributed by atoms with Gasteiger partial charge >= 0.3 is 0 Å². The molecule has 1 atom stereocenters. The molecule has 0 saturated carbocycles. The van der Waals surface area contributed by atoms with Crippen molar-refractivity contribution in [3.05, 3.63) is 90.2 Å². The van der Waals surface area contributed by atoms with Gasteiger partial charge < -0.3 is 10.6 Å². The fourth-order valence-corrected chi connectivity index (χ4v) is 4.49. The quantitative estimate of drug-likeness (QED) is 0.505. The van der Waals surface area contributed by atoms with Gasteiger partial charge in [-0.1, -0.05) is 38.1 Å². The van der Waals surface area contributed by atoms with Crippen LogP contribution in [0.3, 0.4) is 0 Å². The summed E-state index contributed by atoms with van der Waals surface area (Å²) in [5.74, 6) is -1.76. The molecule has 0 aliphatic rings. The molecular formula is C25H26FN3O4S. The summed E-state index contributed by atoms with van der Waals surface area (Å²) < 4.78 is 40.4. The zero-order valence-electron chi connectivity index (χ0n) is 19.0. The zero-order chi connectivity index (χ0) is 24.9. The molecule has 2 amide bonds. The summed E-state index contributed by atoms with van der Waals surface area (Å²) in [6.45, 7) is 3.54. The van der Waals surface area contributed by atoms with Crippen LogP contribution in [0.5, 0.6) is 0 Å². The minimum absolute atomic E-state index is 0.00750. The molecule has 2 N–H and O–H groups in total. The van der Waals surface area contributed by atoms with Gasteiger partial charge in [0.25, 0.3) is 15.9 Å².